The summed E-state index contributed by atoms with van der Waals surface area (Å²) < 4.78 is 32.1. The molecule has 15 heavy (non-hydrogen) atoms. The average molecular weight is 231 g/mol. The average Bonchev–Trinajstić information content (AvgIpc) is 2.05. The maximum atomic E-state index is 13.7. The summed E-state index contributed by atoms with van der Waals surface area (Å²) in [7, 11) is 0.111. The Hall–Kier alpha value is -0.980. The molecule has 0 fully saturated rings. The number of halogens is 1. The van der Waals surface area contributed by atoms with Crippen molar-refractivity contribution >= 4 is 9.92 Å². The number of nitrogens with zero attached hydrogens (tertiary/aromatic N) is 1. The molecule has 0 aliphatic rings. The maximum Gasteiger partial charge on any atom is 0.146 e. The van der Waals surface area contributed by atoms with Gasteiger partial charge in [-0.2, -0.15) is 0 Å². The molecule has 1 aromatic rings. The standard InChI is InChI=1S/C9H14FN3OS/c1-13(2)6-7-4-3-5-8(9(7)10)15(11,12)14/h3-5H,6H2,1-2H3,(H3,11,12,14). The molecule has 0 aliphatic carbocycles. The zero-order valence-electron chi connectivity index (χ0n) is 8.66. The fourth-order valence-corrected chi connectivity index (χ4v) is 1.93. The third kappa shape index (κ3) is 2.98. The van der Waals surface area contributed by atoms with Crippen LogP contribution in [0.25, 0.3) is 0 Å². The smallest absolute Gasteiger partial charge is 0.146 e. The van der Waals surface area contributed by atoms with E-state index >= 15 is 0 Å². The van der Waals surface area contributed by atoms with Gasteiger partial charge in [0.1, 0.15) is 15.7 Å². The Morgan fingerprint density at radius 2 is 2.13 bits per heavy atom. The van der Waals surface area contributed by atoms with Crippen molar-refractivity contribution in [2.24, 2.45) is 5.14 Å². The summed E-state index contributed by atoms with van der Waals surface area (Å²) in [6.45, 7) is 0.384. The van der Waals surface area contributed by atoms with Crippen LogP contribution >= 0.6 is 0 Å². The van der Waals surface area contributed by atoms with Crippen LogP contribution in [0.5, 0.6) is 0 Å². The molecular formula is C9H14FN3OS. The molecule has 4 nitrogen and oxygen atoms in total. The minimum Gasteiger partial charge on any atom is -0.305 e. The summed E-state index contributed by atoms with van der Waals surface area (Å²) in [6.07, 6.45) is 0. The van der Waals surface area contributed by atoms with E-state index in [-0.39, 0.29) is 4.90 Å². The van der Waals surface area contributed by atoms with Crippen molar-refractivity contribution in [2.75, 3.05) is 14.1 Å². The lowest BCUT2D eigenvalue weighted by Gasteiger charge is -2.12. The number of hydrogen-bond acceptors (Lipinski definition) is 3. The van der Waals surface area contributed by atoms with Crippen LogP contribution in [0.3, 0.4) is 0 Å². The first-order valence-corrected chi connectivity index (χ1v) is 5.93. The Morgan fingerprint density at radius 1 is 1.53 bits per heavy atom. The quantitative estimate of drug-likeness (QED) is 0.819. The van der Waals surface area contributed by atoms with Crippen molar-refractivity contribution in [1.82, 2.24) is 4.90 Å². The number of nitrogens with two attached hydrogens (primary N) is 1. The van der Waals surface area contributed by atoms with Gasteiger partial charge in [-0.05, 0) is 20.2 Å². The van der Waals surface area contributed by atoms with Crippen LogP contribution in [-0.4, -0.2) is 23.2 Å². The van der Waals surface area contributed by atoms with E-state index in [1.54, 1.807) is 31.1 Å². The van der Waals surface area contributed by atoms with Gasteiger partial charge in [-0.25, -0.2) is 18.5 Å². The van der Waals surface area contributed by atoms with Crippen LogP contribution in [0.4, 0.5) is 4.39 Å². The van der Waals surface area contributed by atoms with Crippen molar-refractivity contribution < 1.29 is 8.60 Å². The van der Waals surface area contributed by atoms with Crippen molar-refractivity contribution in [3.63, 3.8) is 0 Å². The zero-order valence-corrected chi connectivity index (χ0v) is 9.47. The fourth-order valence-electron chi connectivity index (χ4n) is 1.25. The van der Waals surface area contributed by atoms with Crippen LogP contribution in [0.2, 0.25) is 0 Å². The van der Waals surface area contributed by atoms with Gasteiger partial charge in [0.25, 0.3) is 0 Å². The van der Waals surface area contributed by atoms with Crippen LogP contribution in [0.15, 0.2) is 23.1 Å². The molecule has 0 radical (unpaired) electrons. The van der Waals surface area contributed by atoms with E-state index in [2.05, 4.69) is 0 Å². The van der Waals surface area contributed by atoms with E-state index in [1.807, 2.05) is 0 Å². The third-order valence-electron chi connectivity index (χ3n) is 1.86. The lowest BCUT2D eigenvalue weighted by molar-refractivity contribution is 0.390. The second-order valence-corrected chi connectivity index (χ2v) is 5.21. The molecule has 0 aromatic heterocycles. The van der Waals surface area contributed by atoms with E-state index in [1.165, 1.54) is 6.07 Å². The minimum atomic E-state index is -3.49. The highest BCUT2D eigenvalue weighted by Gasteiger charge is 2.14. The molecule has 0 aliphatic heterocycles. The summed E-state index contributed by atoms with van der Waals surface area (Å²) in [5.41, 5.74) is 0.392. The topological polar surface area (TPSA) is 70.2 Å². The van der Waals surface area contributed by atoms with Gasteiger partial charge in [0.15, 0.2) is 0 Å². The molecule has 1 unspecified atom stereocenters. The second kappa shape index (κ2) is 4.26. The van der Waals surface area contributed by atoms with Crippen LogP contribution in [0.1, 0.15) is 5.56 Å². The first-order chi connectivity index (χ1) is 6.82. The molecule has 6 heteroatoms. The Kier molecular flexibility index (Phi) is 3.43. The summed E-state index contributed by atoms with van der Waals surface area (Å²) >= 11 is 0. The van der Waals surface area contributed by atoms with E-state index in [4.69, 9.17) is 9.92 Å². The van der Waals surface area contributed by atoms with Gasteiger partial charge in [-0.1, -0.05) is 12.1 Å². The normalized spacial score (nSPS) is 15.3. The van der Waals surface area contributed by atoms with Gasteiger partial charge in [0, 0.05) is 12.1 Å². The molecule has 0 saturated carbocycles. The Labute approximate surface area is 89.0 Å². The van der Waals surface area contributed by atoms with Crippen LogP contribution in [0, 0.1) is 10.6 Å². The summed E-state index contributed by atoms with van der Waals surface area (Å²) in [6, 6.07) is 4.42. The van der Waals surface area contributed by atoms with Gasteiger partial charge in [-0.15, -0.1) is 0 Å². The third-order valence-corrected chi connectivity index (χ3v) is 2.83. The highest BCUT2D eigenvalue weighted by Crippen LogP contribution is 2.17. The lowest BCUT2D eigenvalue weighted by Crippen LogP contribution is -2.16. The number of hydrogen-bond donors (Lipinski definition) is 2. The molecule has 84 valence electrons. The second-order valence-electron chi connectivity index (χ2n) is 3.57. The van der Waals surface area contributed by atoms with E-state index in [9.17, 15) is 8.60 Å². The predicted molar refractivity (Wildman–Crippen MR) is 57.1 cm³/mol. The van der Waals surface area contributed by atoms with Crippen molar-refractivity contribution in [3.8, 4) is 0 Å². The molecule has 1 aromatic carbocycles. The molecule has 1 rings (SSSR count). The molecule has 1 atom stereocenters. The molecule has 3 N–H and O–H groups in total. The Balaban J connectivity index is 3.24. The van der Waals surface area contributed by atoms with E-state index in [0.717, 1.165) is 0 Å². The summed E-state index contributed by atoms with van der Waals surface area (Å²) in [5, 5.41) is 5.10. The zero-order chi connectivity index (χ0) is 11.6. The van der Waals surface area contributed by atoms with Gasteiger partial charge >= 0.3 is 0 Å². The van der Waals surface area contributed by atoms with E-state index < -0.39 is 15.7 Å². The van der Waals surface area contributed by atoms with Crippen LogP contribution in [-0.2, 0) is 16.5 Å². The van der Waals surface area contributed by atoms with E-state index in [0.29, 0.717) is 12.1 Å². The molecule has 0 saturated heterocycles. The lowest BCUT2D eigenvalue weighted by atomic mass is 10.2. The number of nitrogens with one attached hydrogen (secondary N) is 1. The predicted octanol–water partition coefficient (Wildman–Crippen LogP) is 1.17. The Bertz CT molecular complexity index is 456. The maximum absolute atomic E-state index is 13.7. The highest BCUT2D eigenvalue weighted by atomic mass is 32.2. The molecule has 0 amide bonds. The first-order valence-electron chi connectivity index (χ1n) is 4.31. The Morgan fingerprint density at radius 3 is 2.60 bits per heavy atom. The largest absolute Gasteiger partial charge is 0.305 e. The first kappa shape index (κ1) is 12.1. The molecule has 0 heterocycles. The monoisotopic (exact) mass is 231 g/mol. The molecular weight excluding hydrogens is 217 g/mol. The van der Waals surface area contributed by atoms with Crippen molar-refractivity contribution in [1.29, 1.82) is 4.78 Å². The summed E-state index contributed by atoms with van der Waals surface area (Å²) in [4.78, 5) is 1.55. The van der Waals surface area contributed by atoms with Crippen molar-refractivity contribution in [3.05, 3.63) is 29.6 Å². The molecule has 0 spiro atoms. The van der Waals surface area contributed by atoms with Gasteiger partial charge in [-0.3, -0.25) is 0 Å². The SMILES string of the molecule is CN(C)Cc1cccc(S(=N)(N)=O)c1F. The number of rotatable bonds is 3. The highest BCUT2D eigenvalue weighted by molar-refractivity contribution is 7.90. The van der Waals surface area contributed by atoms with Gasteiger partial charge < -0.3 is 4.90 Å². The molecule has 0 bridgehead atoms. The van der Waals surface area contributed by atoms with Gasteiger partial charge in [0.05, 0.1) is 4.90 Å². The summed E-state index contributed by atoms with van der Waals surface area (Å²) in [5.74, 6) is -0.645. The van der Waals surface area contributed by atoms with Crippen LogP contribution < -0.4 is 5.14 Å². The minimum absolute atomic E-state index is 0.234. The van der Waals surface area contributed by atoms with Crippen molar-refractivity contribution in [2.45, 2.75) is 11.4 Å². The fraction of sp³-hybridized carbons (Fsp3) is 0.333. The number of benzene rings is 1. The van der Waals surface area contributed by atoms with Gasteiger partial charge in [0.2, 0.25) is 0 Å².